The molecule has 6 nitrogen and oxygen atoms in total. The van der Waals surface area contributed by atoms with Crippen LogP contribution in [0.25, 0.3) is 10.9 Å². The molecule has 6 heteroatoms. The Morgan fingerprint density at radius 3 is 2.75 bits per heavy atom. The smallest absolute Gasteiger partial charge is 0.286 e. The summed E-state index contributed by atoms with van der Waals surface area (Å²) in [5, 5.41) is 0.907. The van der Waals surface area contributed by atoms with Gasteiger partial charge < -0.3 is 9.72 Å². The van der Waals surface area contributed by atoms with Gasteiger partial charge in [-0.1, -0.05) is 0 Å². The summed E-state index contributed by atoms with van der Waals surface area (Å²) in [5.41, 5.74) is 6.04. The molecular formula is C14H15N3O3. The highest BCUT2D eigenvalue weighted by molar-refractivity contribution is 5.99. The topological polar surface area (TPSA) is 83.2 Å². The summed E-state index contributed by atoms with van der Waals surface area (Å²) in [7, 11) is 1.59. The molecule has 20 heavy (non-hydrogen) atoms. The Hall–Kier alpha value is -2.50. The standard InChI is InChI=1S/C14H15N3O3/c1-20-10-5-4-9-6-12(15-11(9)7-10)14(19)17-16-13(18)8-2-3-8/h4-8,15H,2-3H2,1H3,(H,16,18)(H,17,19). The molecule has 0 aliphatic heterocycles. The molecule has 0 bridgehead atoms. The molecule has 1 fully saturated rings. The number of ether oxygens (including phenoxy) is 1. The van der Waals surface area contributed by atoms with E-state index in [0.29, 0.717) is 11.4 Å². The van der Waals surface area contributed by atoms with Gasteiger partial charge in [0.15, 0.2) is 0 Å². The molecule has 1 aromatic carbocycles. The Balaban J connectivity index is 1.72. The van der Waals surface area contributed by atoms with Crippen molar-refractivity contribution in [3.05, 3.63) is 30.0 Å². The average Bonchev–Trinajstić information content (AvgIpc) is 3.22. The van der Waals surface area contributed by atoms with Gasteiger partial charge in [0.05, 0.1) is 7.11 Å². The first-order chi connectivity index (χ1) is 9.67. The van der Waals surface area contributed by atoms with Gasteiger partial charge in [-0.05, 0) is 31.0 Å². The second-order valence-electron chi connectivity index (χ2n) is 4.85. The number of nitrogens with one attached hydrogen (secondary N) is 3. The molecule has 1 aliphatic rings. The second kappa shape index (κ2) is 4.88. The number of hydrogen-bond acceptors (Lipinski definition) is 3. The molecule has 0 saturated heterocycles. The van der Waals surface area contributed by atoms with E-state index in [4.69, 9.17) is 4.74 Å². The number of H-pyrrole nitrogens is 1. The number of rotatable bonds is 3. The number of carbonyl (C=O) groups excluding carboxylic acids is 2. The number of aromatic amines is 1. The maximum Gasteiger partial charge on any atom is 0.286 e. The summed E-state index contributed by atoms with van der Waals surface area (Å²) in [6, 6.07) is 7.24. The van der Waals surface area contributed by atoms with E-state index >= 15 is 0 Å². The van der Waals surface area contributed by atoms with Crippen molar-refractivity contribution < 1.29 is 14.3 Å². The monoisotopic (exact) mass is 273 g/mol. The quantitative estimate of drug-likeness (QED) is 0.738. The molecule has 104 valence electrons. The molecule has 0 atom stereocenters. The van der Waals surface area contributed by atoms with E-state index < -0.39 is 0 Å². The molecule has 0 spiro atoms. The summed E-state index contributed by atoms with van der Waals surface area (Å²) in [5.74, 6) is 0.279. The first-order valence-corrected chi connectivity index (χ1v) is 6.44. The van der Waals surface area contributed by atoms with Gasteiger partial charge in [0.1, 0.15) is 11.4 Å². The van der Waals surface area contributed by atoms with Gasteiger partial charge in [0.2, 0.25) is 5.91 Å². The van der Waals surface area contributed by atoms with Crippen LogP contribution in [0, 0.1) is 5.92 Å². The van der Waals surface area contributed by atoms with Crippen LogP contribution in [0.5, 0.6) is 5.75 Å². The normalized spacial score (nSPS) is 14.1. The van der Waals surface area contributed by atoms with Gasteiger partial charge in [-0.15, -0.1) is 0 Å². The van der Waals surface area contributed by atoms with Crippen LogP contribution in [-0.4, -0.2) is 23.9 Å². The summed E-state index contributed by atoms with van der Waals surface area (Å²) < 4.78 is 5.13. The van der Waals surface area contributed by atoms with Crippen LogP contribution in [0.3, 0.4) is 0 Å². The largest absolute Gasteiger partial charge is 0.497 e. The minimum absolute atomic E-state index is 0.0577. The SMILES string of the molecule is COc1ccc2cc(C(=O)NNC(=O)C3CC3)[nH]c2c1. The van der Waals surface area contributed by atoms with E-state index in [-0.39, 0.29) is 17.7 Å². The third-order valence-electron chi connectivity index (χ3n) is 3.32. The summed E-state index contributed by atoms with van der Waals surface area (Å²) in [6.07, 6.45) is 1.79. The number of fused-ring (bicyclic) bond motifs is 1. The molecule has 3 rings (SSSR count). The zero-order chi connectivity index (χ0) is 14.1. The molecular weight excluding hydrogens is 258 g/mol. The molecule has 1 aromatic heterocycles. The number of hydrogen-bond donors (Lipinski definition) is 3. The van der Waals surface area contributed by atoms with E-state index in [0.717, 1.165) is 23.7 Å². The average molecular weight is 273 g/mol. The fraction of sp³-hybridized carbons (Fsp3) is 0.286. The van der Waals surface area contributed by atoms with Gasteiger partial charge in [-0.25, -0.2) is 0 Å². The van der Waals surface area contributed by atoms with Gasteiger partial charge in [0.25, 0.3) is 5.91 Å². The maximum atomic E-state index is 11.9. The zero-order valence-corrected chi connectivity index (χ0v) is 11.0. The van der Waals surface area contributed by atoms with Crippen LogP contribution in [0.15, 0.2) is 24.3 Å². The molecule has 1 heterocycles. The molecule has 3 N–H and O–H groups in total. The second-order valence-corrected chi connectivity index (χ2v) is 4.85. The van der Waals surface area contributed by atoms with E-state index in [9.17, 15) is 9.59 Å². The number of hydrazine groups is 1. The van der Waals surface area contributed by atoms with E-state index in [2.05, 4.69) is 15.8 Å². The number of aromatic nitrogens is 1. The highest BCUT2D eigenvalue weighted by Gasteiger charge is 2.29. The summed E-state index contributed by atoms with van der Waals surface area (Å²) in [6.45, 7) is 0. The zero-order valence-electron chi connectivity index (χ0n) is 11.0. The third-order valence-corrected chi connectivity index (χ3v) is 3.32. The van der Waals surface area contributed by atoms with Crippen LogP contribution in [-0.2, 0) is 4.79 Å². The third kappa shape index (κ3) is 2.45. The van der Waals surface area contributed by atoms with Crippen molar-refractivity contribution in [3.8, 4) is 5.75 Å². The lowest BCUT2D eigenvalue weighted by atomic mass is 10.2. The fourth-order valence-electron chi connectivity index (χ4n) is 1.99. The Labute approximate surface area is 115 Å². The van der Waals surface area contributed by atoms with Crippen LogP contribution >= 0.6 is 0 Å². The van der Waals surface area contributed by atoms with Gasteiger partial charge in [-0.3, -0.25) is 20.4 Å². The lowest BCUT2D eigenvalue weighted by molar-refractivity contribution is -0.123. The Morgan fingerprint density at radius 1 is 1.25 bits per heavy atom. The predicted octanol–water partition coefficient (Wildman–Crippen LogP) is 1.35. The van der Waals surface area contributed by atoms with Crippen molar-refractivity contribution in [1.29, 1.82) is 0 Å². The van der Waals surface area contributed by atoms with Crippen molar-refractivity contribution in [2.24, 2.45) is 5.92 Å². The first kappa shape index (κ1) is 12.5. The predicted molar refractivity (Wildman–Crippen MR) is 73.2 cm³/mol. The molecule has 2 aromatic rings. The number of methoxy groups -OCH3 is 1. The van der Waals surface area contributed by atoms with Crippen molar-refractivity contribution in [3.63, 3.8) is 0 Å². The first-order valence-electron chi connectivity index (χ1n) is 6.44. The Bertz CT molecular complexity index is 673. The highest BCUT2D eigenvalue weighted by atomic mass is 16.5. The van der Waals surface area contributed by atoms with Crippen LogP contribution < -0.4 is 15.6 Å². The highest BCUT2D eigenvalue weighted by Crippen LogP contribution is 2.28. The van der Waals surface area contributed by atoms with E-state index in [1.165, 1.54) is 0 Å². The Kier molecular flexibility index (Phi) is 3.06. The van der Waals surface area contributed by atoms with Crippen LogP contribution in [0.2, 0.25) is 0 Å². The summed E-state index contributed by atoms with van der Waals surface area (Å²) in [4.78, 5) is 26.4. The minimum Gasteiger partial charge on any atom is -0.497 e. The van der Waals surface area contributed by atoms with E-state index in [1.54, 1.807) is 13.2 Å². The van der Waals surface area contributed by atoms with Crippen molar-refractivity contribution in [2.75, 3.05) is 7.11 Å². The van der Waals surface area contributed by atoms with Crippen molar-refractivity contribution >= 4 is 22.7 Å². The van der Waals surface area contributed by atoms with Crippen LogP contribution in [0.4, 0.5) is 0 Å². The van der Waals surface area contributed by atoms with Crippen LogP contribution in [0.1, 0.15) is 23.3 Å². The molecule has 1 aliphatic carbocycles. The van der Waals surface area contributed by atoms with Gasteiger partial charge >= 0.3 is 0 Å². The lowest BCUT2D eigenvalue weighted by Crippen LogP contribution is -2.42. The minimum atomic E-state index is -0.367. The molecule has 1 saturated carbocycles. The Morgan fingerprint density at radius 2 is 2.05 bits per heavy atom. The summed E-state index contributed by atoms with van der Waals surface area (Å²) >= 11 is 0. The van der Waals surface area contributed by atoms with Gasteiger partial charge in [0, 0.05) is 22.9 Å². The number of carbonyl (C=O) groups is 2. The molecule has 0 unspecified atom stereocenters. The fourth-order valence-corrected chi connectivity index (χ4v) is 1.99. The number of benzene rings is 1. The lowest BCUT2D eigenvalue weighted by Gasteiger charge is -2.04. The molecule has 0 radical (unpaired) electrons. The maximum absolute atomic E-state index is 11.9. The van der Waals surface area contributed by atoms with Crippen molar-refractivity contribution in [2.45, 2.75) is 12.8 Å². The van der Waals surface area contributed by atoms with E-state index in [1.807, 2.05) is 18.2 Å². The number of amides is 2. The van der Waals surface area contributed by atoms with Crippen molar-refractivity contribution in [1.82, 2.24) is 15.8 Å². The molecule has 2 amide bonds. The van der Waals surface area contributed by atoms with Gasteiger partial charge in [-0.2, -0.15) is 0 Å².